The van der Waals surface area contributed by atoms with Gasteiger partial charge in [-0.05, 0) is 36.1 Å². The van der Waals surface area contributed by atoms with Gasteiger partial charge in [0.1, 0.15) is 0 Å². The van der Waals surface area contributed by atoms with Gasteiger partial charge in [-0.3, -0.25) is 0 Å². The summed E-state index contributed by atoms with van der Waals surface area (Å²) in [5, 5.41) is 1.20. The van der Waals surface area contributed by atoms with E-state index >= 15 is 0 Å². The highest BCUT2D eigenvalue weighted by Crippen LogP contribution is 2.37. The number of carbonyl (C=O) groups excluding carboxylic acids is 2. The molecule has 1 aliphatic carbocycles. The molecule has 6 heteroatoms. The number of hydrogen-bond donors (Lipinski definition) is 1. The predicted octanol–water partition coefficient (Wildman–Crippen LogP) is 5.35. The third-order valence-corrected chi connectivity index (χ3v) is 5.10. The van der Waals surface area contributed by atoms with Crippen LogP contribution in [-0.4, -0.2) is 36.5 Å². The van der Waals surface area contributed by atoms with E-state index in [1.54, 1.807) is 19.9 Å². The summed E-state index contributed by atoms with van der Waals surface area (Å²) < 4.78 is 10.3. The summed E-state index contributed by atoms with van der Waals surface area (Å²) in [5.41, 5.74) is 6.37. The molecule has 0 radical (unpaired) electrons. The summed E-state index contributed by atoms with van der Waals surface area (Å²) >= 11 is 0. The lowest BCUT2D eigenvalue weighted by Crippen LogP contribution is -2.54. The van der Waals surface area contributed by atoms with E-state index in [0.717, 1.165) is 22.3 Å². The van der Waals surface area contributed by atoms with Gasteiger partial charge in [-0.15, -0.1) is 6.58 Å². The zero-order valence-corrected chi connectivity index (χ0v) is 18.4. The summed E-state index contributed by atoms with van der Waals surface area (Å²) in [4.78, 5) is 25.2. The van der Waals surface area contributed by atoms with Gasteiger partial charge < -0.3 is 9.47 Å². The van der Waals surface area contributed by atoms with Crippen LogP contribution in [0.4, 0.5) is 9.59 Å². The molecule has 32 heavy (non-hydrogen) atoms. The number of carbonyl (C=O) groups is 2. The number of nitrogens with one attached hydrogen (secondary N) is 1. The van der Waals surface area contributed by atoms with Crippen molar-refractivity contribution in [1.29, 1.82) is 0 Å². The normalized spacial score (nSPS) is 16.9. The maximum absolute atomic E-state index is 12.9. The van der Waals surface area contributed by atoms with Crippen molar-refractivity contribution in [3.8, 4) is 0 Å². The first-order chi connectivity index (χ1) is 15.6. The van der Waals surface area contributed by atoms with Crippen LogP contribution in [0, 0.1) is 5.92 Å². The molecule has 1 aliphatic rings. The van der Waals surface area contributed by atoms with Crippen molar-refractivity contribution in [2.24, 2.45) is 5.92 Å². The van der Waals surface area contributed by atoms with E-state index in [2.05, 4.69) is 12.0 Å². The number of ether oxygens (including phenoxy) is 2. The van der Waals surface area contributed by atoms with Gasteiger partial charge in [0.2, 0.25) is 0 Å². The average Bonchev–Trinajstić information content (AvgIpc) is 3.22. The van der Waals surface area contributed by atoms with Crippen LogP contribution in [0.2, 0.25) is 0 Å². The second-order valence-electron chi connectivity index (χ2n) is 7.08. The molecule has 2 amide bonds. The molecule has 0 fully saturated rings. The van der Waals surface area contributed by atoms with Gasteiger partial charge in [-0.2, -0.15) is 0 Å². The fraction of sp³-hybridized carbons (Fsp3) is 0.231. The molecule has 0 aromatic heterocycles. The quantitative estimate of drug-likeness (QED) is 0.494. The van der Waals surface area contributed by atoms with E-state index in [4.69, 9.17) is 9.47 Å². The first-order valence-electron chi connectivity index (χ1n) is 10.7. The first kappa shape index (κ1) is 22.9. The van der Waals surface area contributed by atoms with Crippen molar-refractivity contribution < 1.29 is 19.1 Å². The number of hydrogen-bond acceptors (Lipinski definition) is 4. The van der Waals surface area contributed by atoms with Crippen molar-refractivity contribution >= 4 is 17.8 Å². The molecular formula is C26H28N2O4. The van der Waals surface area contributed by atoms with Gasteiger partial charge in [-0.25, -0.2) is 20.0 Å². The number of nitrogens with zero attached hydrogens (tertiary/aromatic N) is 1. The van der Waals surface area contributed by atoms with E-state index in [9.17, 15) is 9.59 Å². The lowest BCUT2D eigenvalue weighted by Gasteiger charge is -2.33. The fourth-order valence-electron chi connectivity index (χ4n) is 3.77. The van der Waals surface area contributed by atoms with Crippen molar-refractivity contribution in [2.45, 2.75) is 19.9 Å². The molecule has 0 unspecified atom stereocenters. The summed E-state index contributed by atoms with van der Waals surface area (Å²) in [7, 11) is 0. The Hall–Kier alpha value is -3.80. The molecule has 0 heterocycles. The minimum Gasteiger partial charge on any atom is -0.449 e. The van der Waals surface area contributed by atoms with E-state index in [1.807, 2.05) is 72.8 Å². The number of hydrazine groups is 1. The van der Waals surface area contributed by atoms with Gasteiger partial charge in [0.25, 0.3) is 0 Å². The van der Waals surface area contributed by atoms with Gasteiger partial charge in [0.05, 0.1) is 19.3 Å². The van der Waals surface area contributed by atoms with Crippen LogP contribution in [-0.2, 0) is 9.47 Å². The maximum atomic E-state index is 12.9. The second kappa shape index (κ2) is 11.0. The monoisotopic (exact) mass is 432 g/mol. The molecule has 0 saturated heterocycles. The Labute approximate surface area is 188 Å². The molecule has 2 atom stereocenters. The molecule has 0 aliphatic heterocycles. The van der Waals surface area contributed by atoms with Crippen molar-refractivity contribution in [3.05, 3.63) is 102 Å². The first-order valence-corrected chi connectivity index (χ1v) is 10.7. The van der Waals surface area contributed by atoms with E-state index in [0.29, 0.717) is 0 Å². The summed E-state index contributed by atoms with van der Waals surface area (Å²) in [6.45, 7) is 7.70. The Balaban J connectivity index is 2.19. The highest BCUT2D eigenvalue weighted by Gasteiger charge is 2.38. The Morgan fingerprint density at radius 2 is 1.53 bits per heavy atom. The molecule has 166 valence electrons. The predicted molar refractivity (Wildman–Crippen MR) is 125 cm³/mol. The van der Waals surface area contributed by atoms with Gasteiger partial charge in [0, 0.05) is 5.92 Å². The standard InChI is InChI=1S/C26H28N2O4/c1-4-19-17-18-22(24(19)28(26(30)32-6-3)27-25(29)31-5-2)23(20-13-9-7-10-14-20)21-15-11-8-12-16-21/h4,7-19,24H,1,5-6H2,2-3H3,(H,27,29)/t19-,24+/m0/s1. The van der Waals surface area contributed by atoms with Crippen LogP contribution in [0.5, 0.6) is 0 Å². The SMILES string of the molecule is C=C[C@H]1C=CC(=C(c2ccccc2)c2ccccc2)[C@@H]1N(NC(=O)OCC)C(=O)OCC. The molecule has 2 aromatic rings. The zero-order valence-electron chi connectivity index (χ0n) is 18.4. The summed E-state index contributed by atoms with van der Waals surface area (Å²) in [5.74, 6) is -0.237. The minimum atomic E-state index is -0.726. The summed E-state index contributed by atoms with van der Waals surface area (Å²) in [6, 6.07) is 19.3. The highest BCUT2D eigenvalue weighted by atomic mass is 16.6. The fourth-order valence-corrected chi connectivity index (χ4v) is 3.77. The van der Waals surface area contributed by atoms with Crippen LogP contribution in [0.25, 0.3) is 5.57 Å². The highest BCUT2D eigenvalue weighted by molar-refractivity contribution is 5.86. The number of amides is 2. The molecular weight excluding hydrogens is 404 g/mol. The topological polar surface area (TPSA) is 67.9 Å². The second-order valence-corrected chi connectivity index (χ2v) is 7.08. The van der Waals surface area contributed by atoms with Gasteiger partial charge in [-0.1, -0.05) is 78.9 Å². The lowest BCUT2D eigenvalue weighted by molar-refractivity contribution is 0.0590. The largest absolute Gasteiger partial charge is 0.449 e. The van der Waals surface area contributed by atoms with E-state index < -0.39 is 18.2 Å². The zero-order chi connectivity index (χ0) is 22.9. The van der Waals surface area contributed by atoms with Crippen molar-refractivity contribution in [3.63, 3.8) is 0 Å². The van der Waals surface area contributed by atoms with Gasteiger partial charge in [0.15, 0.2) is 0 Å². The Morgan fingerprint density at radius 3 is 2.03 bits per heavy atom. The summed E-state index contributed by atoms with van der Waals surface area (Å²) in [6.07, 6.45) is 4.30. The molecule has 0 saturated carbocycles. The van der Waals surface area contributed by atoms with Crippen LogP contribution in [0.3, 0.4) is 0 Å². The molecule has 0 bridgehead atoms. The molecule has 2 aromatic carbocycles. The molecule has 6 nitrogen and oxygen atoms in total. The Morgan fingerprint density at radius 1 is 0.969 bits per heavy atom. The van der Waals surface area contributed by atoms with Gasteiger partial charge >= 0.3 is 12.2 Å². The average molecular weight is 433 g/mol. The van der Waals surface area contributed by atoms with Crippen LogP contribution < -0.4 is 5.43 Å². The third kappa shape index (κ3) is 5.09. The van der Waals surface area contributed by atoms with Crippen LogP contribution in [0.15, 0.2) is 91.0 Å². The third-order valence-electron chi connectivity index (χ3n) is 5.10. The Bertz CT molecular complexity index is 958. The Kier molecular flexibility index (Phi) is 7.86. The number of benzene rings is 2. The van der Waals surface area contributed by atoms with Crippen molar-refractivity contribution in [2.75, 3.05) is 13.2 Å². The maximum Gasteiger partial charge on any atom is 0.429 e. The van der Waals surface area contributed by atoms with Crippen molar-refractivity contribution in [1.82, 2.24) is 10.4 Å². The van der Waals surface area contributed by atoms with E-state index in [1.165, 1.54) is 5.01 Å². The molecule has 0 spiro atoms. The van der Waals surface area contributed by atoms with E-state index in [-0.39, 0.29) is 19.1 Å². The smallest absolute Gasteiger partial charge is 0.429 e. The van der Waals surface area contributed by atoms with Crippen LogP contribution >= 0.6 is 0 Å². The molecule has 3 rings (SSSR count). The lowest BCUT2D eigenvalue weighted by atomic mass is 9.88. The number of rotatable bonds is 6. The molecule has 1 N–H and O–H groups in total. The minimum absolute atomic E-state index is 0.169. The van der Waals surface area contributed by atoms with Crippen LogP contribution in [0.1, 0.15) is 25.0 Å².